The third-order valence-electron chi connectivity index (χ3n) is 6.71. The van der Waals surface area contributed by atoms with Crippen LogP contribution in [0.5, 0.6) is 0 Å². The molecule has 0 spiro atoms. The van der Waals surface area contributed by atoms with Gasteiger partial charge in [0.05, 0.1) is 0 Å². The fourth-order valence-corrected chi connectivity index (χ4v) is 5.09. The summed E-state index contributed by atoms with van der Waals surface area (Å²) in [5.41, 5.74) is 0. The van der Waals surface area contributed by atoms with Gasteiger partial charge >= 0.3 is 0 Å². The van der Waals surface area contributed by atoms with Crippen molar-refractivity contribution in [2.45, 2.75) is 76.7 Å². The molecule has 2 aliphatic heterocycles. The Balaban J connectivity index is 1.53. The lowest BCUT2D eigenvalue weighted by Crippen LogP contribution is -2.48. The van der Waals surface area contributed by atoms with E-state index in [2.05, 4.69) is 21.2 Å². The Kier molecular flexibility index (Phi) is 6.83. The van der Waals surface area contributed by atoms with Crippen molar-refractivity contribution in [1.82, 2.24) is 15.3 Å². The molecule has 3 aliphatic rings. The van der Waals surface area contributed by atoms with Crippen LogP contribution in [0.25, 0.3) is 0 Å². The number of aromatic nitrogens is 2. The molecule has 5 nitrogen and oxygen atoms in total. The molecule has 0 bridgehead atoms. The second kappa shape index (κ2) is 9.72. The first-order valence-electron chi connectivity index (χ1n) is 11.5. The van der Waals surface area contributed by atoms with E-state index < -0.39 is 0 Å². The standard InChI is InChI=1S/C22H37N5/c1-2-7-16-26(15-6-1)21-12-14-24-22(25-21)27(20-11-8-13-23-17-20)18-19-9-4-3-5-10-19/h12,14,19-20,23H,1-11,13,15-18H2. The summed E-state index contributed by atoms with van der Waals surface area (Å²) in [6.45, 7) is 5.65. The minimum atomic E-state index is 0.542. The lowest BCUT2D eigenvalue weighted by Gasteiger charge is -2.38. The Morgan fingerprint density at radius 3 is 2.48 bits per heavy atom. The van der Waals surface area contributed by atoms with Crippen molar-refractivity contribution in [2.24, 2.45) is 5.92 Å². The molecule has 1 aliphatic carbocycles. The van der Waals surface area contributed by atoms with Crippen LogP contribution in [-0.4, -0.2) is 48.7 Å². The molecule has 3 heterocycles. The van der Waals surface area contributed by atoms with E-state index in [-0.39, 0.29) is 0 Å². The second-order valence-electron chi connectivity index (χ2n) is 8.77. The van der Waals surface area contributed by atoms with E-state index in [0.29, 0.717) is 6.04 Å². The number of piperidine rings is 1. The fourth-order valence-electron chi connectivity index (χ4n) is 5.09. The van der Waals surface area contributed by atoms with Crippen molar-refractivity contribution in [2.75, 3.05) is 42.5 Å². The van der Waals surface area contributed by atoms with Crippen LogP contribution in [0.1, 0.15) is 70.6 Å². The summed E-state index contributed by atoms with van der Waals surface area (Å²) in [6.07, 6.45) is 16.8. The zero-order valence-corrected chi connectivity index (χ0v) is 16.9. The predicted molar refractivity (Wildman–Crippen MR) is 113 cm³/mol. The van der Waals surface area contributed by atoms with Gasteiger partial charge in [0.15, 0.2) is 0 Å². The highest BCUT2D eigenvalue weighted by Crippen LogP contribution is 2.28. The molecule has 0 radical (unpaired) electrons. The van der Waals surface area contributed by atoms with Crippen LogP contribution in [0, 0.1) is 5.92 Å². The molecule has 2 saturated heterocycles. The van der Waals surface area contributed by atoms with Gasteiger partial charge in [0.2, 0.25) is 5.95 Å². The highest BCUT2D eigenvalue weighted by Gasteiger charge is 2.27. The van der Waals surface area contributed by atoms with E-state index >= 15 is 0 Å². The van der Waals surface area contributed by atoms with Crippen molar-refractivity contribution in [3.8, 4) is 0 Å². The summed E-state index contributed by atoms with van der Waals surface area (Å²) in [5.74, 6) is 2.92. The summed E-state index contributed by atoms with van der Waals surface area (Å²) in [7, 11) is 0. The van der Waals surface area contributed by atoms with Crippen molar-refractivity contribution in [3.05, 3.63) is 12.3 Å². The van der Waals surface area contributed by atoms with Gasteiger partial charge in [0, 0.05) is 38.4 Å². The van der Waals surface area contributed by atoms with Crippen LogP contribution >= 0.6 is 0 Å². The van der Waals surface area contributed by atoms with Crippen LogP contribution in [0.4, 0.5) is 11.8 Å². The number of nitrogens with one attached hydrogen (secondary N) is 1. The first kappa shape index (κ1) is 19.0. The summed E-state index contributed by atoms with van der Waals surface area (Å²) in [4.78, 5) is 14.9. The van der Waals surface area contributed by atoms with E-state index in [1.54, 1.807) is 0 Å². The molecule has 1 saturated carbocycles. The van der Waals surface area contributed by atoms with E-state index in [1.807, 2.05) is 6.20 Å². The minimum Gasteiger partial charge on any atom is -0.356 e. The molecule has 150 valence electrons. The van der Waals surface area contributed by atoms with Crippen LogP contribution in [0.3, 0.4) is 0 Å². The van der Waals surface area contributed by atoms with Crippen molar-refractivity contribution >= 4 is 11.8 Å². The van der Waals surface area contributed by atoms with Gasteiger partial charge in [-0.15, -0.1) is 0 Å². The third-order valence-corrected chi connectivity index (χ3v) is 6.71. The minimum absolute atomic E-state index is 0.542. The molecule has 27 heavy (non-hydrogen) atoms. The normalized spacial score (nSPS) is 25.2. The number of hydrogen-bond donors (Lipinski definition) is 1. The third kappa shape index (κ3) is 5.13. The molecule has 1 aromatic heterocycles. The Bertz CT molecular complexity index is 558. The summed E-state index contributed by atoms with van der Waals surface area (Å²) in [6, 6.07) is 2.66. The fraction of sp³-hybridized carbons (Fsp3) is 0.818. The number of rotatable bonds is 5. The maximum Gasteiger partial charge on any atom is 0.227 e. The average Bonchev–Trinajstić information content (AvgIpc) is 3.03. The lowest BCUT2D eigenvalue weighted by atomic mass is 9.88. The molecule has 4 rings (SSSR count). The van der Waals surface area contributed by atoms with E-state index in [1.165, 1.54) is 70.6 Å². The van der Waals surface area contributed by atoms with Crippen LogP contribution < -0.4 is 15.1 Å². The first-order chi connectivity index (χ1) is 13.4. The van der Waals surface area contributed by atoms with Crippen LogP contribution in [-0.2, 0) is 0 Å². The Labute approximate surface area is 164 Å². The van der Waals surface area contributed by atoms with Gasteiger partial charge in [-0.2, -0.15) is 4.98 Å². The molecular formula is C22H37N5. The predicted octanol–water partition coefficient (Wildman–Crippen LogP) is 4.00. The molecule has 5 heteroatoms. The molecule has 1 N–H and O–H groups in total. The van der Waals surface area contributed by atoms with Gasteiger partial charge in [-0.05, 0) is 57.1 Å². The highest BCUT2D eigenvalue weighted by molar-refractivity contribution is 5.44. The maximum atomic E-state index is 5.09. The Morgan fingerprint density at radius 2 is 1.74 bits per heavy atom. The largest absolute Gasteiger partial charge is 0.356 e. The van der Waals surface area contributed by atoms with Crippen molar-refractivity contribution < 1.29 is 0 Å². The summed E-state index contributed by atoms with van der Waals surface area (Å²) in [5, 5.41) is 3.60. The molecule has 0 amide bonds. The molecule has 3 fully saturated rings. The highest BCUT2D eigenvalue weighted by atomic mass is 15.3. The van der Waals surface area contributed by atoms with Gasteiger partial charge in [0.25, 0.3) is 0 Å². The Hall–Kier alpha value is -1.36. The van der Waals surface area contributed by atoms with Gasteiger partial charge in [-0.1, -0.05) is 32.1 Å². The smallest absolute Gasteiger partial charge is 0.227 e. The second-order valence-corrected chi connectivity index (χ2v) is 8.77. The zero-order valence-electron chi connectivity index (χ0n) is 16.9. The summed E-state index contributed by atoms with van der Waals surface area (Å²) < 4.78 is 0. The number of hydrogen-bond acceptors (Lipinski definition) is 5. The maximum absolute atomic E-state index is 5.09. The molecule has 1 unspecified atom stereocenters. The van der Waals surface area contributed by atoms with E-state index in [4.69, 9.17) is 9.97 Å². The molecule has 1 atom stereocenters. The quantitative estimate of drug-likeness (QED) is 0.848. The molecule has 1 aromatic rings. The lowest BCUT2D eigenvalue weighted by molar-refractivity contribution is 0.333. The van der Waals surface area contributed by atoms with Gasteiger partial charge in [0.1, 0.15) is 5.82 Å². The van der Waals surface area contributed by atoms with Crippen molar-refractivity contribution in [1.29, 1.82) is 0 Å². The van der Waals surface area contributed by atoms with Crippen LogP contribution in [0.2, 0.25) is 0 Å². The van der Waals surface area contributed by atoms with Gasteiger partial charge in [-0.3, -0.25) is 0 Å². The van der Waals surface area contributed by atoms with E-state index in [9.17, 15) is 0 Å². The zero-order chi connectivity index (χ0) is 18.3. The van der Waals surface area contributed by atoms with Gasteiger partial charge < -0.3 is 15.1 Å². The Morgan fingerprint density at radius 1 is 0.963 bits per heavy atom. The van der Waals surface area contributed by atoms with Gasteiger partial charge in [-0.25, -0.2) is 4.98 Å². The molecule has 0 aromatic carbocycles. The molecular weight excluding hydrogens is 334 g/mol. The van der Waals surface area contributed by atoms with Crippen LogP contribution in [0.15, 0.2) is 12.3 Å². The number of nitrogens with zero attached hydrogens (tertiary/aromatic N) is 4. The topological polar surface area (TPSA) is 44.3 Å². The first-order valence-corrected chi connectivity index (χ1v) is 11.5. The van der Waals surface area contributed by atoms with Crippen molar-refractivity contribution in [3.63, 3.8) is 0 Å². The van der Waals surface area contributed by atoms with E-state index in [0.717, 1.165) is 50.4 Å². The number of anilines is 2. The monoisotopic (exact) mass is 371 g/mol. The SMILES string of the molecule is c1cc(N2CCCCCC2)nc(N(CC2CCCCC2)C2CCCNC2)n1. The average molecular weight is 372 g/mol. The summed E-state index contributed by atoms with van der Waals surface area (Å²) >= 11 is 0.